The number of benzene rings is 1. The number of hydrogen-bond acceptors (Lipinski definition) is 6. The number of aromatic nitrogens is 2. The summed E-state index contributed by atoms with van der Waals surface area (Å²) in [6.45, 7) is 4.52. The Morgan fingerprint density at radius 3 is 2.55 bits per heavy atom. The fraction of sp³-hybridized carbons (Fsp3) is 0.438. The Labute approximate surface area is 130 Å². The molecule has 0 spiro atoms. The van der Waals surface area contributed by atoms with Crippen molar-refractivity contribution in [3.05, 3.63) is 30.2 Å². The smallest absolute Gasteiger partial charge is 0.247 e. The third kappa shape index (κ3) is 3.62. The van der Waals surface area contributed by atoms with Crippen molar-refractivity contribution in [2.24, 2.45) is 5.92 Å². The fourth-order valence-electron chi connectivity index (χ4n) is 2.07. The SMILES string of the molecule is COc1ccc(-c2nnc(C(C)N(C)CC(C)C#N)o2)cc1. The van der Waals surface area contributed by atoms with Gasteiger partial charge in [0.2, 0.25) is 11.8 Å². The molecule has 0 radical (unpaired) electrons. The second kappa shape index (κ2) is 7.05. The maximum absolute atomic E-state index is 8.89. The fourth-order valence-corrected chi connectivity index (χ4v) is 2.07. The van der Waals surface area contributed by atoms with E-state index in [1.54, 1.807) is 7.11 Å². The van der Waals surface area contributed by atoms with Gasteiger partial charge in [0.1, 0.15) is 5.75 Å². The van der Waals surface area contributed by atoms with Gasteiger partial charge >= 0.3 is 0 Å². The Kier molecular flexibility index (Phi) is 5.12. The van der Waals surface area contributed by atoms with E-state index in [9.17, 15) is 0 Å². The molecule has 2 atom stereocenters. The van der Waals surface area contributed by atoms with Crippen LogP contribution in [0.1, 0.15) is 25.8 Å². The van der Waals surface area contributed by atoms with Gasteiger partial charge in [-0.2, -0.15) is 5.26 Å². The van der Waals surface area contributed by atoms with Crippen LogP contribution in [-0.4, -0.2) is 35.8 Å². The maximum Gasteiger partial charge on any atom is 0.247 e. The van der Waals surface area contributed by atoms with Crippen LogP contribution in [-0.2, 0) is 0 Å². The highest BCUT2D eigenvalue weighted by Crippen LogP contribution is 2.25. The molecule has 0 aliphatic heterocycles. The summed E-state index contributed by atoms with van der Waals surface area (Å²) in [5.41, 5.74) is 0.847. The van der Waals surface area contributed by atoms with Gasteiger partial charge < -0.3 is 9.15 Å². The molecule has 6 nitrogen and oxygen atoms in total. The highest BCUT2D eigenvalue weighted by Gasteiger charge is 2.20. The van der Waals surface area contributed by atoms with Crippen LogP contribution in [0.2, 0.25) is 0 Å². The molecule has 0 N–H and O–H groups in total. The molecule has 0 fully saturated rings. The van der Waals surface area contributed by atoms with Crippen LogP contribution in [0.4, 0.5) is 0 Å². The summed E-state index contributed by atoms with van der Waals surface area (Å²) in [7, 11) is 3.56. The van der Waals surface area contributed by atoms with Crippen LogP contribution in [0.5, 0.6) is 5.75 Å². The Hall–Kier alpha value is -2.39. The molecule has 0 bridgehead atoms. The third-order valence-electron chi connectivity index (χ3n) is 3.58. The molecule has 22 heavy (non-hydrogen) atoms. The Morgan fingerprint density at radius 1 is 1.27 bits per heavy atom. The van der Waals surface area contributed by atoms with E-state index >= 15 is 0 Å². The van der Waals surface area contributed by atoms with E-state index in [-0.39, 0.29) is 12.0 Å². The molecular formula is C16H20N4O2. The first-order valence-corrected chi connectivity index (χ1v) is 7.12. The van der Waals surface area contributed by atoms with Gasteiger partial charge in [0.15, 0.2) is 0 Å². The molecule has 116 valence electrons. The van der Waals surface area contributed by atoms with Gasteiger partial charge in [0, 0.05) is 12.1 Å². The van der Waals surface area contributed by atoms with Crippen molar-refractivity contribution in [2.45, 2.75) is 19.9 Å². The van der Waals surface area contributed by atoms with E-state index in [0.717, 1.165) is 11.3 Å². The maximum atomic E-state index is 8.89. The second-order valence-electron chi connectivity index (χ2n) is 5.32. The van der Waals surface area contributed by atoms with Crippen molar-refractivity contribution >= 4 is 0 Å². The largest absolute Gasteiger partial charge is 0.497 e. The van der Waals surface area contributed by atoms with Gasteiger partial charge in [-0.1, -0.05) is 0 Å². The summed E-state index contributed by atoms with van der Waals surface area (Å²) in [5, 5.41) is 17.1. The number of ether oxygens (including phenoxy) is 1. The zero-order valence-corrected chi connectivity index (χ0v) is 13.3. The van der Waals surface area contributed by atoms with Crippen molar-refractivity contribution in [3.63, 3.8) is 0 Å². The van der Waals surface area contributed by atoms with E-state index in [1.165, 1.54) is 0 Å². The molecule has 2 unspecified atom stereocenters. The molecule has 1 aromatic carbocycles. The molecule has 0 aliphatic rings. The summed E-state index contributed by atoms with van der Waals surface area (Å²) in [6, 6.07) is 9.63. The Balaban J connectivity index is 2.11. The predicted octanol–water partition coefficient (Wildman–Crippen LogP) is 2.90. The zero-order valence-electron chi connectivity index (χ0n) is 13.3. The second-order valence-corrected chi connectivity index (χ2v) is 5.32. The molecule has 2 rings (SSSR count). The zero-order chi connectivity index (χ0) is 16.1. The van der Waals surface area contributed by atoms with Crippen molar-refractivity contribution < 1.29 is 9.15 Å². The van der Waals surface area contributed by atoms with Crippen LogP contribution in [0.3, 0.4) is 0 Å². The lowest BCUT2D eigenvalue weighted by atomic mass is 10.2. The van der Waals surface area contributed by atoms with Crippen LogP contribution in [0.15, 0.2) is 28.7 Å². The normalized spacial score (nSPS) is 13.6. The summed E-state index contributed by atoms with van der Waals surface area (Å²) >= 11 is 0. The van der Waals surface area contributed by atoms with Crippen molar-refractivity contribution in [3.8, 4) is 23.3 Å². The quantitative estimate of drug-likeness (QED) is 0.816. The van der Waals surface area contributed by atoms with Crippen molar-refractivity contribution in [2.75, 3.05) is 20.7 Å². The van der Waals surface area contributed by atoms with Gasteiger partial charge in [0.05, 0.1) is 25.1 Å². The van der Waals surface area contributed by atoms with Crippen LogP contribution < -0.4 is 4.74 Å². The number of methoxy groups -OCH3 is 1. The molecule has 2 aromatic rings. The van der Waals surface area contributed by atoms with Gasteiger partial charge in [-0.05, 0) is 45.2 Å². The monoisotopic (exact) mass is 300 g/mol. The van der Waals surface area contributed by atoms with Crippen LogP contribution in [0.25, 0.3) is 11.5 Å². The molecule has 0 saturated heterocycles. The Morgan fingerprint density at radius 2 is 1.95 bits per heavy atom. The summed E-state index contributed by atoms with van der Waals surface area (Å²) in [4.78, 5) is 2.03. The topological polar surface area (TPSA) is 75.2 Å². The molecule has 0 amide bonds. The van der Waals surface area contributed by atoms with Gasteiger partial charge in [-0.3, -0.25) is 4.90 Å². The predicted molar refractivity (Wildman–Crippen MR) is 82.1 cm³/mol. The van der Waals surface area contributed by atoms with E-state index in [2.05, 4.69) is 16.3 Å². The van der Waals surface area contributed by atoms with Crippen LogP contribution in [0, 0.1) is 17.2 Å². The minimum atomic E-state index is -0.0460. The summed E-state index contributed by atoms with van der Waals surface area (Å²) < 4.78 is 10.9. The first-order chi connectivity index (χ1) is 10.5. The third-order valence-corrected chi connectivity index (χ3v) is 3.58. The average molecular weight is 300 g/mol. The lowest BCUT2D eigenvalue weighted by Gasteiger charge is -2.22. The lowest BCUT2D eigenvalue weighted by molar-refractivity contribution is 0.212. The Bertz CT molecular complexity index is 645. The van der Waals surface area contributed by atoms with Gasteiger partial charge in [-0.15, -0.1) is 10.2 Å². The van der Waals surface area contributed by atoms with Crippen LogP contribution >= 0.6 is 0 Å². The van der Waals surface area contributed by atoms with Gasteiger partial charge in [-0.25, -0.2) is 0 Å². The molecule has 0 saturated carbocycles. The minimum Gasteiger partial charge on any atom is -0.497 e. The number of nitriles is 1. The highest BCUT2D eigenvalue weighted by molar-refractivity contribution is 5.53. The first kappa shape index (κ1) is 16.0. The molecule has 0 aliphatic carbocycles. The number of hydrogen-bond donors (Lipinski definition) is 0. The summed E-state index contributed by atoms with van der Waals surface area (Å²) in [5.74, 6) is 1.75. The number of nitrogens with zero attached hydrogens (tertiary/aromatic N) is 4. The highest BCUT2D eigenvalue weighted by atomic mass is 16.5. The lowest BCUT2D eigenvalue weighted by Crippen LogP contribution is -2.27. The average Bonchev–Trinajstić information content (AvgIpc) is 3.03. The van der Waals surface area contributed by atoms with Crippen molar-refractivity contribution in [1.82, 2.24) is 15.1 Å². The van der Waals surface area contributed by atoms with E-state index in [0.29, 0.717) is 18.3 Å². The van der Waals surface area contributed by atoms with Crippen molar-refractivity contribution in [1.29, 1.82) is 5.26 Å². The molecular weight excluding hydrogens is 280 g/mol. The van der Waals surface area contributed by atoms with Gasteiger partial charge in [0.25, 0.3) is 0 Å². The first-order valence-electron chi connectivity index (χ1n) is 7.12. The van der Waals surface area contributed by atoms with E-state index in [1.807, 2.05) is 50.1 Å². The van der Waals surface area contributed by atoms with E-state index in [4.69, 9.17) is 14.4 Å². The molecule has 1 heterocycles. The standard InChI is InChI=1S/C16H20N4O2/c1-11(9-17)10-20(3)12(2)15-18-19-16(22-15)13-5-7-14(21-4)8-6-13/h5-8,11-12H,10H2,1-4H3. The molecule has 1 aromatic heterocycles. The van der Waals surface area contributed by atoms with E-state index < -0.39 is 0 Å². The minimum absolute atomic E-state index is 0.0450. The molecule has 6 heteroatoms. The number of rotatable bonds is 6. The summed E-state index contributed by atoms with van der Waals surface area (Å²) in [6.07, 6.45) is 0.